The zero-order valence-electron chi connectivity index (χ0n) is 8.56. The molecule has 0 aromatic rings. The highest BCUT2D eigenvalue weighted by Gasteiger charge is 2.27. The van der Waals surface area contributed by atoms with Gasteiger partial charge in [-0.25, -0.2) is 4.79 Å². The van der Waals surface area contributed by atoms with E-state index in [-0.39, 0.29) is 5.97 Å². The number of carbonyl (C=O) groups excluding carboxylic acids is 1. The van der Waals surface area contributed by atoms with Gasteiger partial charge in [0.2, 0.25) is 0 Å². The summed E-state index contributed by atoms with van der Waals surface area (Å²) in [7, 11) is -4.80. The van der Waals surface area contributed by atoms with Gasteiger partial charge >= 0.3 is 16.2 Å². The van der Waals surface area contributed by atoms with E-state index in [1.165, 1.54) is 0 Å². The lowest BCUT2D eigenvalue weighted by molar-refractivity contribution is -0.137. The number of nitrogens with zero attached hydrogens (tertiary/aromatic N) is 2. The van der Waals surface area contributed by atoms with Crippen molar-refractivity contribution in [3.05, 3.63) is 12.7 Å². The zero-order chi connectivity index (χ0) is 13.4. The molecule has 0 saturated heterocycles. The van der Waals surface area contributed by atoms with Crippen LogP contribution in [0, 0.1) is 0 Å². The summed E-state index contributed by atoms with van der Waals surface area (Å²) in [5.41, 5.74) is 0. The molecule has 0 aromatic carbocycles. The summed E-state index contributed by atoms with van der Waals surface area (Å²) in [6, 6.07) is 0. The summed E-state index contributed by atoms with van der Waals surface area (Å²) >= 11 is 0. The van der Waals surface area contributed by atoms with Gasteiger partial charge in [0.25, 0.3) is 0 Å². The SMILES string of the molecule is C=CC(=O)OCC.CN(F)S(=O)(=O)N(F)F. The lowest BCUT2D eigenvalue weighted by Crippen LogP contribution is -2.27. The molecule has 16 heavy (non-hydrogen) atoms. The van der Waals surface area contributed by atoms with Gasteiger partial charge in [-0.05, 0) is 11.5 Å². The van der Waals surface area contributed by atoms with Crippen LogP contribution >= 0.6 is 0 Å². The summed E-state index contributed by atoms with van der Waals surface area (Å²) in [4.78, 5) is 10.1. The first kappa shape index (κ1) is 17.3. The molecular weight excluding hydrogens is 253 g/mol. The lowest BCUT2D eigenvalue weighted by Gasteiger charge is -2.03. The van der Waals surface area contributed by atoms with Crippen LogP contribution in [0.3, 0.4) is 0 Å². The van der Waals surface area contributed by atoms with E-state index in [9.17, 15) is 26.7 Å². The summed E-state index contributed by atoms with van der Waals surface area (Å²) in [5, 5.41) is 0. The molecule has 0 atom stereocenters. The van der Waals surface area contributed by atoms with Crippen molar-refractivity contribution in [2.75, 3.05) is 13.7 Å². The number of esters is 1. The number of hydrogen-bond donors (Lipinski definition) is 0. The van der Waals surface area contributed by atoms with E-state index in [1.807, 2.05) is 0 Å². The molecule has 0 amide bonds. The molecule has 0 aromatic heterocycles. The third-order valence-corrected chi connectivity index (χ3v) is 1.93. The first-order chi connectivity index (χ1) is 7.19. The molecule has 0 bridgehead atoms. The molecule has 0 fully saturated rings. The maximum absolute atomic E-state index is 11.5. The first-order valence-corrected chi connectivity index (χ1v) is 5.15. The number of hydrogen-bond acceptors (Lipinski definition) is 4. The molecule has 0 aliphatic rings. The molecule has 96 valence electrons. The number of carbonyl (C=O) groups is 1. The fraction of sp³-hybridized carbons (Fsp3) is 0.500. The van der Waals surface area contributed by atoms with Crippen molar-refractivity contribution in [3.63, 3.8) is 0 Å². The van der Waals surface area contributed by atoms with Crippen molar-refractivity contribution in [1.82, 2.24) is 9.28 Å². The fourth-order valence-corrected chi connectivity index (χ4v) is 0.456. The van der Waals surface area contributed by atoms with Gasteiger partial charge in [-0.2, -0.15) is 8.42 Å². The van der Waals surface area contributed by atoms with Crippen LogP contribution in [-0.2, 0) is 19.7 Å². The summed E-state index contributed by atoms with van der Waals surface area (Å²) in [6.07, 6.45) is 1.14. The Morgan fingerprint density at radius 1 is 1.44 bits per heavy atom. The number of ether oxygens (including phenoxy) is 1. The number of rotatable bonds is 4. The summed E-state index contributed by atoms with van der Waals surface area (Å²) in [5.74, 6) is -0.359. The minimum atomic E-state index is -5.15. The highest BCUT2D eigenvalue weighted by atomic mass is 32.2. The van der Waals surface area contributed by atoms with Gasteiger partial charge in [-0.1, -0.05) is 15.5 Å². The van der Waals surface area contributed by atoms with Crippen LogP contribution in [0.25, 0.3) is 0 Å². The van der Waals surface area contributed by atoms with Crippen LogP contribution in [0.15, 0.2) is 12.7 Å². The van der Waals surface area contributed by atoms with Gasteiger partial charge < -0.3 is 4.74 Å². The van der Waals surface area contributed by atoms with Crippen molar-refractivity contribution >= 4 is 16.2 Å². The van der Waals surface area contributed by atoms with E-state index in [4.69, 9.17) is 0 Å². The summed E-state index contributed by atoms with van der Waals surface area (Å²) < 4.78 is 54.2. The van der Waals surface area contributed by atoms with Crippen LogP contribution < -0.4 is 0 Å². The molecule has 0 spiro atoms. The van der Waals surface area contributed by atoms with E-state index in [2.05, 4.69) is 11.3 Å². The predicted molar refractivity (Wildman–Crippen MR) is 48.7 cm³/mol. The average molecular weight is 264 g/mol. The Balaban J connectivity index is 0. The fourth-order valence-electron chi connectivity index (χ4n) is 0.286. The molecule has 6 nitrogen and oxygen atoms in total. The topological polar surface area (TPSA) is 66.9 Å². The Morgan fingerprint density at radius 2 is 1.88 bits per heavy atom. The first-order valence-electron chi connectivity index (χ1n) is 3.75. The molecule has 0 rings (SSSR count). The second kappa shape index (κ2) is 8.07. The van der Waals surface area contributed by atoms with Crippen molar-refractivity contribution in [2.24, 2.45) is 0 Å². The molecule has 10 heteroatoms. The van der Waals surface area contributed by atoms with Crippen molar-refractivity contribution in [1.29, 1.82) is 0 Å². The largest absolute Gasteiger partial charge is 0.463 e. The molecule has 0 saturated carbocycles. The Bertz CT molecular complexity index is 304. The Morgan fingerprint density at radius 3 is 1.94 bits per heavy atom. The molecule has 0 aliphatic carbocycles. The van der Waals surface area contributed by atoms with Crippen LogP contribution in [0.1, 0.15) is 6.92 Å². The van der Waals surface area contributed by atoms with Gasteiger partial charge in [0.05, 0.1) is 6.61 Å². The second-order valence-electron chi connectivity index (χ2n) is 2.03. The quantitative estimate of drug-likeness (QED) is 0.429. The van der Waals surface area contributed by atoms with Gasteiger partial charge in [-0.3, -0.25) is 0 Å². The monoisotopic (exact) mass is 264 g/mol. The van der Waals surface area contributed by atoms with Gasteiger partial charge in [0, 0.05) is 13.1 Å². The van der Waals surface area contributed by atoms with Crippen LogP contribution in [-0.4, -0.2) is 37.3 Å². The Kier molecular flexibility index (Phi) is 8.71. The lowest BCUT2D eigenvalue weighted by atomic mass is 10.6. The van der Waals surface area contributed by atoms with Gasteiger partial charge in [0.1, 0.15) is 0 Å². The molecular formula is C6H11F3N2O4S. The third-order valence-electron chi connectivity index (χ3n) is 0.946. The van der Waals surface area contributed by atoms with E-state index in [0.717, 1.165) is 6.08 Å². The second-order valence-corrected chi connectivity index (χ2v) is 3.70. The number of halogens is 3. The maximum Gasteiger partial charge on any atom is 0.362 e. The van der Waals surface area contributed by atoms with E-state index < -0.39 is 19.5 Å². The van der Waals surface area contributed by atoms with Crippen molar-refractivity contribution in [3.8, 4) is 0 Å². The Labute approximate surface area is 90.9 Å². The predicted octanol–water partition coefficient (Wildman–Crippen LogP) is 0.854. The molecule has 0 unspecified atom stereocenters. The normalized spacial score (nSPS) is 10.7. The van der Waals surface area contributed by atoms with Crippen LogP contribution in [0.5, 0.6) is 0 Å². The summed E-state index contributed by atoms with van der Waals surface area (Å²) in [6.45, 7) is 5.38. The smallest absolute Gasteiger partial charge is 0.362 e. The highest BCUT2D eigenvalue weighted by molar-refractivity contribution is 7.86. The Hall–Kier alpha value is -1.13. The van der Waals surface area contributed by atoms with Gasteiger partial charge in [0.15, 0.2) is 4.75 Å². The molecule has 0 radical (unpaired) electrons. The van der Waals surface area contributed by atoms with E-state index in [1.54, 1.807) is 6.92 Å². The van der Waals surface area contributed by atoms with Gasteiger partial charge in [-0.15, -0.1) is 4.48 Å². The van der Waals surface area contributed by atoms with E-state index in [0.29, 0.717) is 13.7 Å². The molecule has 0 aliphatic heterocycles. The standard InChI is InChI=1S/C5H8O2.CH3F3N2O2S/c1-3-5(6)7-4-2;1-5(2)9(7,8)6(3)4/h3H,1,4H2,2H3;1H3. The maximum atomic E-state index is 11.5. The van der Waals surface area contributed by atoms with Crippen molar-refractivity contribution in [2.45, 2.75) is 6.92 Å². The van der Waals surface area contributed by atoms with Crippen molar-refractivity contribution < 1.29 is 31.4 Å². The molecule has 0 N–H and O–H groups in total. The van der Waals surface area contributed by atoms with Crippen LogP contribution in [0.4, 0.5) is 13.4 Å². The van der Waals surface area contributed by atoms with E-state index >= 15 is 0 Å². The van der Waals surface area contributed by atoms with Crippen LogP contribution in [0.2, 0.25) is 0 Å². The minimum Gasteiger partial charge on any atom is -0.463 e. The zero-order valence-corrected chi connectivity index (χ0v) is 9.38. The highest BCUT2D eigenvalue weighted by Crippen LogP contribution is 2.06. The minimum absolute atomic E-state index is 0.349. The molecule has 0 heterocycles. The average Bonchev–Trinajstić information content (AvgIpc) is 2.18. The third kappa shape index (κ3) is 7.20.